The van der Waals surface area contributed by atoms with Crippen LogP contribution < -0.4 is 0 Å². The third kappa shape index (κ3) is 0.854. The fraction of sp³-hybridized carbons (Fsp3) is 0.556. The van der Waals surface area contributed by atoms with Gasteiger partial charge in [0.05, 0.1) is 5.41 Å². The zero-order chi connectivity index (χ0) is 8.81. The third-order valence-electron chi connectivity index (χ3n) is 2.61. The normalized spacial score (nSPS) is 23.3. The van der Waals surface area contributed by atoms with Crippen molar-refractivity contribution in [3.63, 3.8) is 0 Å². The Morgan fingerprint density at radius 3 is 1.64 bits per heavy atom. The number of rotatable bonds is 0. The molecule has 0 fully saturated rings. The molecule has 0 aromatic rings. The summed E-state index contributed by atoms with van der Waals surface area (Å²) in [5.41, 5.74) is 0.980. The minimum absolute atomic E-state index is 0.271. The van der Waals surface area contributed by atoms with Gasteiger partial charge in [0.2, 0.25) is 11.6 Å². The van der Waals surface area contributed by atoms with Crippen molar-refractivity contribution in [2.75, 3.05) is 0 Å². The molecule has 0 saturated carbocycles. The van der Waals surface area contributed by atoms with E-state index in [9.17, 15) is 9.59 Å². The number of Topliss-reactive ketones (excluding diaryl/α,β-unsaturated/α-hetero) is 2. The minimum atomic E-state index is -0.554. The van der Waals surface area contributed by atoms with Gasteiger partial charge >= 0.3 is 0 Å². The average molecular weight is 152 g/mol. The molecule has 0 aromatic carbocycles. The van der Waals surface area contributed by atoms with E-state index in [1.54, 1.807) is 20.8 Å². The fourth-order valence-electron chi connectivity index (χ4n) is 1.26. The molecule has 0 atom stereocenters. The molecular formula is C9H12O2. The zero-order valence-corrected chi connectivity index (χ0v) is 7.32. The summed E-state index contributed by atoms with van der Waals surface area (Å²) in [5, 5.41) is 0. The first kappa shape index (κ1) is 8.18. The summed E-state index contributed by atoms with van der Waals surface area (Å²) in [5.74, 6) is -0.583. The summed E-state index contributed by atoms with van der Waals surface area (Å²) in [6.07, 6.45) is 0. The quantitative estimate of drug-likeness (QED) is 0.493. The van der Waals surface area contributed by atoms with E-state index in [1.165, 1.54) is 0 Å². The van der Waals surface area contributed by atoms with Crippen LogP contribution >= 0.6 is 0 Å². The van der Waals surface area contributed by atoms with E-state index >= 15 is 0 Å². The van der Waals surface area contributed by atoms with Crippen LogP contribution in [0, 0.1) is 5.41 Å². The Hall–Kier alpha value is -0.920. The van der Waals surface area contributed by atoms with E-state index in [-0.39, 0.29) is 11.6 Å². The van der Waals surface area contributed by atoms with Gasteiger partial charge in [-0.3, -0.25) is 9.59 Å². The van der Waals surface area contributed by atoms with Gasteiger partial charge in [0.1, 0.15) is 0 Å². The molecule has 11 heavy (non-hydrogen) atoms. The lowest BCUT2D eigenvalue weighted by molar-refractivity contribution is -0.137. The van der Waals surface area contributed by atoms with Crippen LogP contribution in [-0.4, -0.2) is 11.6 Å². The largest absolute Gasteiger partial charge is 0.290 e. The highest BCUT2D eigenvalue weighted by molar-refractivity contribution is 6.48. The number of ketones is 2. The smallest absolute Gasteiger partial charge is 0.225 e. The summed E-state index contributed by atoms with van der Waals surface area (Å²) in [4.78, 5) is 22.4. The molecule has 1 aliphatic carbocycles. The van der Waals surface area contributed by atoms with Crippen LogP contribution in [0.25, 0.3) is 0 Å². The molecule has 0 radical (unpaired) electrons. The summed E-state index contributed by atoms with van der Waals surface area (Å²) < 4.78 is 0. The van der Waals surface area contributed by atoms with Gasteiger partial charge in [0, 0.05) is 5.57 Å². The van der Waals surface area contributed by atoms with Crippen LogP contribution in [0.1, 0.15) is 27.7 Å². The monoisotopic (exact) mass is 152 g/mol. The van der Waals surface area contributed by atoms with E-state index in [2.05, 4.69) is 0 Å². The molecule has 2 heteroatoms. The highest BCUT2D eigenvalue weighted by atomic mass is 16.2. The lowest BCUT2D eigenvalue weighted by atomic mass is 9.85. The predicted molar refractivity (Wildman–Crippen MR) is 42.2 cm³/mol. The molecule has 0 bridgehead atoms. The van der Waals surface area contributed by atoms with Crippen molar-refractivity contribution >= 4 is 11.6 Å². The SMILES string of the molecule is CC1=C(C)C(C)(C)C(=O)C1=O. The summed E-state index contributed by atoms with van der Waals surface area (Å²) in [6, 6.07) is 0. The first-order valence-corrected chi connectivity index (χ1v) is 3.66. The number of hydrogen-bond donors (Lipinski definition) is 0. The maximum atomic E-state index is 11.3. The molecule has 60 valence electrons. The second-order valence-corrected chi connectivity index (χ2v) is 3.53. The van der Waals surface area contributed by atoms with Crippen LogP contribution in [0.3, 0.4) is 0 Å². The van der Waals surface area contributed by atoms with Crippen LogP contribution in [0.5, 0.6) is 0 Å². The summed E-state index contributed by atoms with van der Waals surface area (Å²) >= 11 is 0. The van der Waals surface area contributed by atoms with Crippen LogP contribution in [0.2, 0.25) is 0 Å². The van der Waals surface area contributed by atoms with Crippen LogP contribution in [0.4, 0.5) is 0 Å². The van der Waals surface area contributed by atoms with Gasteiger partial charge in [-0.1, -0.05) is 5.57 Å². The Kier molecular flexibility index (Phi) is 1.51. The second kappa shape index (κ2) is 2.03. The molecule has 0 aromatic heterocycles. The van der Waals surface area contributed by atoms with E-state index in [0.29, 0.717) is 5.57 Å². The molecular weight excluding hydrogens is 140 g/mol. The molecule has 0 heterocycles. The van der Waals surface area contributed by atoms with Crippen molar-refractivity contribution in [3.05, 3.63) is 11.1 Å². The van der Waals surface area contributed by atoms with Crippen molar-refractivity contribution in [2.24, 2.45) is 5.41 Å². The number of allylic oxidation sites excluding steroid dienone is 2. The zero-order valence-electron chi connectivity index (χ0n) is 7.32. The van der Waals surface area contributed by atoms with Gasteiger partial charge in [-0.05, 0) is 27.7 Å². The fourth-order valence-corrected chi connectivity index (χ4v) is 1.26. The molecule has 0 spiro atoms. The van der Waals surface area contributed by atoms with E-state index in [1.807, 2.05) is 6.92 Å². The van der Waals surface area contributed by atoms with Crippen LogP contribution in [-0.2, 0) is 9.59 Å². The maximum absolute atomic E-state index is 11.3. The molecule has 0 aliphatic heterocycles. The van der Waals surface area contributed by atoms with Gasteiger partial charge in [0.15, 0.2) is 0 Å². The summed E-state index contributed by atoms with van der Waals surface area (Å²) in [7, 11) is 0. The highest BCUT2D eigenvalue weighted by Gasteiger charge is 2.42. The van der Waals surface area contributed by atoms with Gasteiger partial charge in [-0.2, -0.15) is 0 Å². The lowest BCUT2D eigenvalue weighted by Gasteiger charge is -2.15. The van der Waals surface area contributed by atoms with Gasteiger partial charge in [-0.15, -0.1) is 0 Å². The molecule has 0 N–H and O–H groups in total. The Labute approximate surface area is 66.3 Å². The Morgan fingerprint density at radius 2 is 1.55 bits per heavy atom. The van der Waals surface area contributed by atoms with Crippen molar-refractivity contribution in [2.45, 2.75) is 27.7 Å². The number of carbonyl (C=O) groups is 2. The Morgan fingerprint density at radius 1 is 1.09 bits per heavy atom. The van der Waals surface area contributed by atoms with Crippen LogP contribution in [0.15, 0.2) is 11.1 Å². The topological polar surface area (TPSA) is 34.1 Å². The highest BCUT2D eigenvalue weighted by Crippen LogP contribution is 2.36. The second-order valence-electron chi connectivity index (χ2n) is 3.53. The predicted octanol–water partition coefficient (Wildman–Crippen LogP) is 1.50. The van der Waals surface area contributed by atoms with Gasteiger partial charge in [0.25, 0.3) is 0 Å². The molecule has 1 aliphatic rings. The number of carbonyl (C=O) groups excluding carboxylic acids is 2. The Balaban J connectivity index is 3.27. The molecule has 0 unspecified atom stereocenters. The van der Waals surface area contributed by atoms with Crippen molar-refractivity contribution < 1.29 is 9.59 Å². The molecule has 1 rings (SSSR count). The minimum Gasteiger partial charge on any atom is -0.290 e. The standard InChI is InChI=1S/C9H12O2/c1-5-6(2)9(3,4)8(11)7(5)10/h1-4H3. The van der Waals surface area contributed by atoms with Crippen molar-refractivity contribution in [1.29, 1.82) is 0 Å². The van der Waals surface area contributed by atoms with E-state index < -0.39 is 5.41 Å². The van der Waals surface area contributed by atoms with Crippen molar-refractivity contribution in [1.82, 2.24) is 0 Å². The molecule has 0 amide bonds. The van der Waals surface area contributed by atoms with Crippen molar-refractivity contribution in [3.8, 4) is 0 Å². The number of hydrogen-bond acceptors (Lipinski definition) is 2. The Bertz CT molecular complexity index is 269. The maximum Gasteiger partial charge on any atom is 0.225 e. The van der Waals surface area contributed by atoms with Gasteiger partial charge < -0.3 is 0 Å². The third-order valence-corrected chi connectivity index (χ3v) is 2.61. The average Bonchev–Trinajstić information content (AvgIpc) is 2.06. The first-order chi connectivity index (χ1) is 4.89. The summed E-state index contributed by atoms with van der Waals surface area (Å²) in [6.45, 7) is 7.14. The lowest BCUT2D eigenvalue weighted by Crippen LogP contribution is -2.24. The van der Waals surface area contributed by atoms with Gasteiger partial charge in [-0.25, -0.2) is 0 Å². The first-order valence-electron chi connectivity index (χ1n) is 3.66. The molecule has 2 nitrogen and oxygen atoms in total. The molecule has 0 saturated heterocycles. The van der Waals surface area contributed by atoms with E-state index in [0.717, 1.165) is 5.57 Å². The van der Waals surface area contributed by atoms with E-state index in [4.69, 9.17) is 0 Å².